The second-order valence-corrected chi connectivity index (χ2v) is 6.37. The van der Waals surface area contributed by atoms with Crippen molar-refractivity contribution in [3.8, 4) is 11.5 Å². The van der Waals surface area contributed by atoms with Gasteiger partial charge in [-0.05, 0) is 43.8 Å². The van der Waals surface area contributed by atoms with Crippen LogP contribution in [0.25, 0.3) is 0 Å². The minimum absolute atomic E-state index is 0.185. The average molecular weight is 389 g/mol. The SMILES string of the molecule is CCNC(C)c1cc(Br)ccc1Oc1ccc(Cl)c(Cl)c1. The molecule has 0 amide bonds. The van der Waals surface area contributed by atoms with E-state index in [2.05, 4.69) is 41.2 Å². The predicted octanol–water partition coefficient (Wildman–Crippen LogP) is 6.22. The minimum Gasteiger partial charge on any atom is -0.457 e. The van der Waals surface area contributed by atoms with E-state index in [0.29, 0.717) is 15.8 Å². The number of ether oxygens (including phenoxy) is 1. The van der Waals surface area contributed by atoms with Gasteiger partial charge in [-0.1, -0.05) is 46.1 Å². The van der Waals surface area contributed by atoms with Gasteiger partial charge < -0.3 is 10.1 Å². The van der Waals surface area contributed by atoms with Crippen LogP contribution in [0.15, 0.2) is 40.9 Å². The zero-order chi connectivity index (χ0) is 15.4. The molecule has 1 atom stereocenters. The maximum Gasteiger partial charge on any atom is 0.132 e. The molecule has 0 aliphatic rings. The van der Waals surface area contributed by atoms with Gasteiger partial charge in [-0.3, -0.25) is 0 Å². The molecule has 0 radical (unpaired) electrons. The van der Waals surface area contributed by atoms with E-state index in [1.807, 2.05) is 12.1 Å². The molecular weight excluding hydrogens is 373 g/mol. The molecule has 0 heterocycles. The van der Waals surface area contributed by atoms with Gasteiger partial charge in [0.05, 0.1) is 10.0 Å². The maximum atomic E-state index is 6.03. The van der Waals surface area contributed by atoms with Gasteiger partial charge in [-0.25, -0.2) is 0 Å². The number of halogens is 3. The highest BCUT2D eigenvalue weighted by Gasteiger charge is 2.13. The van der Waals surface area contributed by atoms with Crippen molar-refractivity contribution in [2.45, 2.75) is 19.9 Å². The van der Waals surface area contributed by atoms with E-state index in [4.69, 9.17) is 27.9 Å². The lowest BCUT2D eigenvalue weighted by atomic mass is 10.1. The van der Waals surface area contributed by atoms with Gasteiger partial charge >= 0.3 is 0 Å². The molecule has 0 aliphatic carbocycles. The van der Waals surface area contributed by atoms with Gasteiger partial charge in [-0.15, -0.1) is 0 Å². The van der Waals surface area contributed by atoms with E-state index < -0.39 is 0 Å². The largest absolute Gasteiger partial charge is 0.457 e. The van der Waals surface area contributed by atoms with Gasteiger partial charge in [0, 0.05) is 22.1 Å². The lowest BCUT2D eigenvalue weighted by Crippen LogP contribution is -2.18. The van der Waals surface area contributed by atoms with Crippen LogP contribution in [0.1, 0.15) is 25.5 Å². The third kappa shape index (κ3) is 4.36. The Morgan fingerprint density at radius 1 is 1.14 bits per heavy atom. The van der Waals surface area contributed by atoms with Gasteiger partial charge in [0.2, 0.25) is 0 Å². The number of hydrogen-bond acceptors (Lipinski definition) is 2. The summed E-state index contributed by atoms with van der Waals surface area (Å²) in [5, 5.41) is 4.38. The van der Waals surface area contributed by atoms with Crippen LogP contribution in [0.4, 0.5) is 0 Å². The Labute approximate surface area is 143 Å². The van der Waals surface area contributed by atoms with E-state index in [1.165, 1.54) is 0 Å². The average Bonchev–Trinajstić information content (AvgIpc) is 2.45. The monoisotopic (exact) mass is 387 g/mol. The molecule has 0 fully saturated rings. The summed E-state index contributed by atoms with van der Waals surface area (Å²) in [5.74, 6) is 1.46. The number of rotatable bonds is 5. The van der Waals surface area contributed by atoms with Crippen molar-refractivity contribution in [3.63, 3.8) is 0 Å². The first-order valence-corrected chi connectivity index (χ1v) is 8.22. The summed E-state index contributed by atoms with van der Waals surface area (Å²) < 4.78 is 6.98. The summed E-state index contributed by atoms with van der Waals surface area (Å²) in [4.78, 5) is 0. The molecule has 2 rings (SSSR count). The molecule has 0 bridgehead atoms. The smallest absolute Gasteiger partial charge is 0.132 e. The van der Waals surface area contributed by atoms with Crippen LogP contribution < -0.4 is 10.1 Å². The molecule has 0 aliphatic heterocycles. The van der Waals surface area contributed by atoms with E-state index in [0.717, 1.165) is 22.3 Å². The zero-order valence-corrected chi connectivity index (χ0v) is 14.9. The highest BCUT2D eigenvalue weighted by Crippen LogP contribution is 2.34. The summed E-state index contributed by atoms with van der Waals surface area (Å²) in [5.41, 5.74) is 1.08. The molecule has 1 N–H and O–H groups in total. The fourth-order valence-corrected chi connectivity index (χ4v) is 2.70. The molecule has 0 aromatic heterocycles. The molecule has 21 heavy (non-hydrogen) atoms. The first kappa shape index (κ1) is 16.6. The van der Waals surface area contributed by atoms with Crippen LogP contribution in [0.5, 0.6) is 11.5 Å². The lowest BCUT2D eigenvalue weighted by molar-refractivity contribution is 0.463. The maximum absolute atomic E-state index is 6.03. The topological polar surface area (TPSA) is 21.3 Å². The van der Waals surface area contributed by atoms with Crippen molar-refractivity contribution < 1.29 is 4.74 Å². The predicted molar refractivity (Wildman–Crippen MR) is 92.8 cm³/mol. The quantitative estimate of drug-likeness (QED) is 0.656. The van der Waals surface area contributed by atoms with E-state index in [-0.39, 0.29) is 6.04 Å². The van der Waals surface area contributed by atoms with Crippen molar-refractivity contribution >= 4 is 39.1 Å². The lowest BCUT2D eigenvalue weighted by Gasteiger charge is -2.18. The molecule has 2 aromatic carbocycles. The van der Waals surface area contributed by atoms with Crippen LogP contribution in [0.3, 0.4) is 0 Å². The van der Waals surface area contributed by atoms with Gasteiger partial charge in [0.1, 0.15) is 11.5 Å². The van der Waals surface area contributed by atoms with Crippen LogP contribution in [0, 0.1) is 0 Å². The third-order valence-corrected chi connectivity index (χ3v) is 4.30. The van der Waals surface area contributed by atoms with E-state index >= 15 is 0 Å². The van der Waals surface area contributed by atoms with Gasteiger partial charge in [-0.2, -0.15) is 0 Å². The van der Waals surface area contributed by atoms with Crippen LogP contribution in [-0.4, -0.2) is 6.54 Å². The fourth-order valence-electron chi connectivity index (χ4n) is 2.03. The van der Waals surface area contributed by atoms with Crippen LogP contribution >= 0.6 is 39.1 Å². The molecule has 0 saturated heterocycles. The van der Waals surface area contributed by atoms with Crippen molar-refractivity contribution in [1.82, 2.24) is 5.32 Å². The molecule has 0 spiro atoms. The van der Waals surface area contributed by atoms with Crippen LogP contribution in [-0.2, 0) is 0 Å². The number of benzene rings is 2. The summed E-state index contributed by atoms with van der Waals surface area (Å²) in [7, 11) is 0. The highest BCUT2D eigenvalue weighted by molar-refractivity contribution is 9.10. The van der Waals surface area contributed by atoms with E-state index in [9.17, 15) is 0 Å². The van der Waals surface area contributed by atoms with Crippen molar-refractivity contribution in [1.29, 1.82) is 0 Å². The van der Waals surface area contributed by atoms with Crippen LogP contribution in [0.2, 0.25) is 10.0 Å². The number of nitrogens with one attached hydrogen (secondary N) is 1. The van der Waals surface area contributed by atoms with Gasteiger partial charge in [0.25, 0.3) is 0 Å². The molecule has 5 heteroatoms. The van der Waals surface area contributed by atoms with Crippen molar-refractivity contribution in [2.24, 2.45) is 0 Å². The molecule has 1 unspecified atom stereocenters. The normalized spacial score (nSPS) is 12.2. The molecule has 0 saturated carbocycles. The molecule has 112 valence electrons. The zero-order valence-electron chi connectivity index (χ0n) is 11.8. The Morgan fingerprint density at radius 3 is 2.57 bits per heavy atom. The van der Waals surface area contributed by atoms with Crippen molar-refractivity contribution in [2.75, 3.05) is 6.54 Å². The molecule has 2 nitrogen and oxygen atoms in total. The Bertz CT molecular complexity index is 634. The second-order valence-electron chi connectivity index (χ2n) is 4.64. The Morgan fingerprint density at radius 2 is 1.90 bits per heavy atom. The Balaban J connectivity index is 2.32. The Kier molecular flexibility index (Phi) is 5.94. The Hall–Kier alpha value is -0.740. The summed E-state index contributed by atoms with van der Waals surface area (Å²) >= 11 is 15.4. The first-order valence-electron chi connectivity index (χ1n) is 6.67. The minimum atomic E-state index is 0.185. The molecular formula is C16H16BrCl2NO. The summed E-state index contributed by atoms with van der Waals surface area (Å²) in [6.07, 6.45) is 0. The van der Waals surface area contributed by atoms with Gasteiger partial charge in [0.15, 0.2) is 0 Å². The summed E-state index contributed by atoms with van der Waals surface area (Å²) in [6, 6.07) is 11.4. The third-order valence-electron chi connectivity index (χ3n) is 3.07. The summed E-state index contributed by atoms with van der Waals surface area (Å²) in [6.45, 7) is 5.07. The first-order chi connectivity index (χ1) is 10.0. The standard InChI is InChI=1S/C16H16BrCl2NO/c1-3-20-10(2)13-8-11(17)4-7-16(13)21-12-5-6-14(18)15(19)9-12/h4-10,20H,3H2,1-2H3. The fraction of sp³-hybridized carbons (Fsp3) is 0.250. The highest BCUT2D eigenvalue weighted by atomic mass is 79.9. The van der Waals surface area contributed by atoms with E-state index in [1.54, 1.807) is 18.2 Å². The molecule has 2 aromatic rings. The second kappa shape index (κ2) is 7.50. The number of hydrogen-bond donors (Lipinski definition) is 1. The van der Waals surface area contributed by atoms with Crippen molar-refractivity contribution in [3.05, 3.63) is 56.5 Å².